The predicted octanol–water partition coefficient (Wildman–Crippen LogP) is 2.26. The Kier molecular flexibility index (Phi) is 8.36. The summed E-state index contributed by atoms with van der Waals surface area (Å²) in [5.74, 6) is -1.81. The number of ether oxygens (including phenoxy) is 2. The molecule has 0 bridgehead atoms. The van der Waals surface area contributed by atoms with Crippen LogP contribution in [0, 0.1) is 16.7 Å². The Hall–Kier alpha value is -1.03. The molecule has 0 amide bonds. The van der Waals surface area contributed by atoms with Gasteiger partial charge in [-0.05, 0) is 45.2 Å². The molecule has 8 atom stereocenters. The van der Waals surface area contributed by atoms with E-state index in [1.807, 2.05) is 32.6 Å². The lowest BCUT2D eigenvalue weighted by Gasteiger charge is -2.71. The van der Waals surface area contributed by atoms with Crippen molar-refractivity contribution in [3.63, 3.8) is 0 Å². The van der Waals surface area contributed by atoms with Gasteiger partial charge in [-0.3, -0.25) is 14.5 Å². The zero-order valence-corrected chi connectivity index (χ0v) is 23.0. The molecule has 0 aromatic carbocycles. The van der Waals surface area contributed by atoms with Gasteiger partial charge in [0.25, 0.3) is 0 Å². The second-order valence-corrected chi connectivity index (χ2v) is 11.7. The number of likely N-dealkylation sites (N-methyl/N-ethyl adjacent to an activating group) is 1. The molecule has 1 heterocycles. The Labute approximate surface area is 215 Å². The number of hydrogen-bond acceptors (Lipinski definition) is 8. The highest BCUT2D eigenvalue weighted by molar-refractivity contribution is 5.92. The second kappa shape index (κ2) is 9.69. The minimum Gasteiger partial charge on any atom is -0.455 e. The van der Waals surface area contributed by atoms with Crippen LogP contribution in [-0.2, 0) is 19.1 Å². The van der Waals surface area contributed by atoms with Gasteiger partial charge in [0.1, 0.15) is 5.60 Å². The number of rotatable bonds is 6. The topological polar surface area (TPSA) is 117 Å². The lowest BCUT2D eigenvalue weighted by atomic mass is 9.40. The third-order valence-corrected chi connectivity index (χ3v) is 9.23. The SMILES string of the molecule is C=C[C@@]1(C)CC(=O)[C@]2(O)[C@@]3(C)[C@@H](O)CCC(C)(C)[C@@H]3[C@H](O)[C@H](OC(=O)CN(CC)CC)[C@@]2(C)O1.Cl. The molecule has 3 fully saturated rings. The number of Topliss-reactive ketones (excluding diaryl/α,β-unsaturated/α-hetero) is 1. The lowest BCUT2D eigenvalue weighted by Crippen LogP contribution is -2.86. The number of hydrogen-bond donors (Lipinski definition) is 3. The first-order valence-corrected chi connectivity index (χ1v) is 12.4. The summed E-state index contributed by atoms with van der Waals surface area (Å²) in [6.45, 7) is 17.7. The van der Waals surface area contributed by atoms with E-state index in [1.54, 1.807) is 13.8 Å². The van der Waals surface area contributed by atoms with Gasteiger partial charge in [-0.15, -0.1) is 19.0 Å². The zero-order valence-electron chi connectivity index (χ0n) is 22.2. The Morgan fingerprint density at radius 2 is 1.77 bits per heavy atom. The largest absolute Gasteiger partial charge is 0.455 e. The molecule has 0 spiro atoms. The van der Waals surface area contributed by atoms with Crippen molar-refractivity contribution in [3.8, 4) is 0 Å². The van der Waals surface area contributed by atoms with Crippen molar-refractivity contribution in [2.75, 3.05) is 19.6 Å². The molecule has 202 valence electrons. The van der Waals surface area contributed by atoms with E-state index < -0.39 is 63.6 Å². The first-order valence-electron chi connectivity index (χ1n) is 12.4. The Morgan fingerprint density at radius 1 is 1.20 bits per heavy atom. The van der Waals surface area contributed by atoms with E-state index in [0.717, 1.165) is 0 Å². The summed E-state index contributed by atoms with van der Waals surface area (Å²) in [4.78, 5) is 28.7. The van der Waals surface area contributed by atoms with Crippen LogP contribution in [0.4, 0.5) is 0 Å². The number of carbonyl (C=O) groups is 2. The average Bonchev–Trinajstić information content (AvgIpc) is 2.75. The van der Waals surface area contributed by atoms with Gasteiger partial charge in [-0.2, -0.15) is 0 Å². The van der Waals surface area contributed by atoms with Gasteiger partial charge in [0.15, 0.2) is 17.5 Å². The molecular weight excluding hydrogens is 474 g/mol. The van der Waals surface area contributed by atoms with Crippen molar-refractivity contribution in [1.82, 2.24) is 4.90 Å². The van der Waals surface area contributed by atoms with Gasteiger partial charge in [0, 0.05) is 17.8 Å². The molecule has 0 unspecified atom stereocenters. The summed E-state index contributed by atoms with van der Waals surface area (Å²) in [6, 6.07) is 0. The fourth-order valence-corrected chi connectivity index (χ4v) is 7.29. The molecule has 3 rings (SSSR count). The van der Waals surface area contributed by atoms with Crippen molar-refractivity contribution in [3.05, 3.63) is 12.7 Å². The first-order chi connectivity index (χ1) is 15.6. The van der Waals surface area contributed by atoms with Gasteiger partial charge in [0.2, 0.25) is 0 Å². The van der Waals surface area contributed by atoms with Gasteiger partial charge in [-0.1, -0.05) is 40.7 Å². The van der Waals surface area contributed by atoms with E-state index in [0.29, 0.717) is 25.9 Å². The molecule has 3 N–H and O–H groups in total. The van der Waals surface area contributed by atoms with E-state index in [-0.39, 0.29) is 25.4 Å². The number of halogens is 1. The number of fused-ring (bicyclic) bond motifs is 3. The lowest BCUT2D eigenvalue weighted by molar-refractivity contribution is -0.370. The van der Waals surface area contributed by atoms with Crippen molar-refractivity contribution >= 4 is 24.2 Å². The third kappa shape index (κ3) is 4.18. The van der Waals surface area contributed by atoms with Gasteiger partial charge in [0.05, 0.1) is 24.4 Å². The molecule has 2 aliphatic carbocycles. The highest BCUT2D eigenvalue weighted by atomic mass is 35.5. The van der Waals surface area contributed by atoms with E-state index in [1.165, 1.54) is 13.0 Å². The van der Waals surface area contributed by atoms with Crippen LogP contribution in [0.2, 0.25) is 0 Å². The molecule has 35 heavy (non-hydrogen) atoms. The summed E-state index contributed by atoms with van der Waals surface area (Å²) < 4.78 is 12.3. The molecule has 1 saturated heterocycles. The fourth-order valence-electron chi connectivity index (χ4n) is 7.29. The number of aliphatic hydroxyl groups excluding tert-OH is 2. The molecule has 8 nitrogen and oxygen atoms in total. The molecule has 2 saturated carbocycles. The van der Waals surface area contributed by atoms with Gasteiger partial charge in [-0.25, -0.2) is 0 Å². The van der Waals surface area contributed by atoms with Crippen molar-refractivity contribution in [2.24, 2.45) is 16.7 Å². The number of nitrogens with zero attached hydrogens (tertiary/aromatic N) is 1. The van der Waals surface area contributed by atoms with Crippen molar-refractivity contribution in [2.45, 2.75) is 103 Å². The van der Waals surface area contributed by atoms with Crippen LogP contribution in [-0.4, -0.2) is 86.7 Å². The minimum absolute atomic E-state index is 0. The summed E-state index contributed by atoms with van der Waals surface area (Å²) in [5.41, 5.74) is -7.13. The quantitative estimate of drug-likeness (QED) is 0.363. The smallest absolute Gasteiger partial charge is 0.320 e. The maximum atomic E-state index is 13.8. The summed E-state index contributed by atoms with van der Waals surface area (Å²) in [6.07, 6.45) is -1.37. The maximum Gasteiger partial charge on any atom is 0.320 e. The molecular formula is C26H44ClNO7. The Bertz CT molecular complexity index is 848. The third-order valence-electron chi connectivity index (χ3n) is 9.23. The molecule has 3 aliphatic rings. The summed E-state index contributed by atoms with van der Waals surface area (Å²) >= 11 is 0. The number of ketones is 1. The fraction of sp³-hybridized carbons (Fsp3) is 0.846. The van der Waals surface area contributed by atoms with Crippen LogP contribution in [0.1, 0.15) is 67.7 Å². The van der Waals surface area contributed by atoms with Crippen molar-refractivity contribution in [1.29, 1.82) is 0 Å². The number of carbonyl (C=O) groups excluding carboxylic acids is 2. The second-order valence-electron chi connectivity index (χ2n) is 11.7. The zero-order chi connectivity index (χ0) is 25.9. The normalized spacial score (nSPS) is 44.6. The van der Waals surface area contributed by atoms with Crippen LogP contribution in [0.15, 0.2) is 12.7 Å². The van der Waals surface area contributed by atoms with Crippen molar-refractivity contribution < 1.29 is 34.4 Å². The number of aliphatic hydroxyl groups is 3. The van der Waals surface area contributed by atoms with E-state index >= 15 is 0 Å². The van der Waals surface area contributed by atoms with E-state index in [9.17, 15) is 24.9 Å². The summed E-state index contributed by atoms with van der Waals surface area (Å²) in [5, 5.41) is 35.5. The van der Waals surface area contributed by atoms with Crippen LogP contribution < -0.4 is 0 Å². The molecule has 0 aromatic rings. The molecule has 9 heteroatoms. The van der Waals surface area contributed by atoms with Crippen LogP contribution in [0.25, 0.3) is 0 Å². The van der Waals surface area contributed by atoms with Gasteiger partial charge >= 0.3 is 5.97 Å². The monoisotopic (exact) mass is 517 g/mol. The Balaban J connectivity index is 0.00000432. The highest BCUT2D eigenvalue weighted by Crippen LogP contribution is 2.67. The van der Waals surface area contributed by atoms with Crippen LogP contribution >= 0.6 is 12.4 Å². The highest BCUT2D eigenvalue weighted by Gasteiger charge is 2.81. The Morgan fingerprint density at radius 3 is 2.29 bits per heavy atom. The minimum atomic E-state index is -2.20. The van der Waals surface area contributed by atoms with Crippen LogP contribution in [0.3, 0.4) is 0 Å². The van der Waals surface area contributed by atoms with E-state index in [2.05, 4.69) is 6.58 Å². The summed E-state index contributed by atoms with van der Waals surface area (Å²) in [7, 11) is 0. The number of esters is 1. The molecule has 0 radical (unpaired) electrons. The standard InChI is InChI=1S/C26H43NO7.ClH/c1-9-23(6)14-17(29)26(32)24(7)16(28)12-13-22(4,5)20(24)19(31)21(25(26,8)34-23)33-18(30)15-27(10-2)11-3;/h9,16,19-21,28,31-32H,1,10-15H2,2-8H3;1H/t16-,19-,20-,21-,23-,24-,25+,26-;/m0./s1. The first kappa shape index (κ1) is 30.2. The molecule has 0 aromatic heterocycles. The predicted molar refractivity (Wildman–Crippen MR) is 134 cm³/mol. The molecule has 1 aliphatic heterocycles. The maximum absolute atomic E-state index is 13.8. The average molecular weight is 518 g/mol. The van der Waals surface area contributed by atoms with Crippen LogP contribution in [0.5, 0.6) is 0 Å². The van der Waals surface area contributed by atoms with E-state index in [4.69, 9.17) is 9.47 Å². The van der Waals surface area contributed by atoms with Gasteiger partial charge < -0.3 is 24.8 Å².